The molecular weight excluding hydrogens is 312 g/mol. The van der Waals surface area contributed by atoms with Gasteiger partial charge >= 0.3 is 0 Å². The molecule has 1 aromatic heterocycles. The lowest BCUT2D eigenvalue weighted by Crippen LogP contribution is -2.40. The van der Waals surface area contributed by atoms with Crippen LogP contribution in [0.3, 0.4) is 0 Å². The van der Waals surface area contributed by atoms with Crippen molar-refractivity contribution in [3.05, 3.63) is 11.1 Å². The van der Waals surface area contributed by atoms with Crippen LogP contribution in [0, 0.1) is 12.8 Å². The van der Waals surface area contributed by atoms with Crippen LogP contribution < -0.4 is 0 Å². The van der Waals surface area contributed by atoms with Crippen molar-refractivity contribution in [2.75, 3.05) is 18.8 Å². The highest BCUT2D eigenvalue weighted by molar-refractivity contribution is 8.01. The van der Waals surface area contributed by atoms with Crippen molar-refractivity contribution >= 4 is 33.1 Å². The Morgan fingerprint density at radius 2 is 2.05 bits per heavy atom. The van der Waals surface area contributed by atoms with Crippen molar-refractivity contribution in [3.63, 3.8) is 0 Å². The summed E-state index contributed by atoms with van der Waals surface area (Å²) < 4.78 is 27.2. The maximum atomic E-state index is 12.1. The molecule has 0 bridgehead atoms. The number of rotatable bonds is 5. The first-order chi connectivity index (χ1) is 9.55. The van der Waals surface area contributed by atoms with Crippen LogP contribution in [-0.4, -0.2) is 41.8 Å². The Morgan fingerprint density at radius 3 is 2.60 bits per heavy atom. The van der Waals surface area contributed by atoms with E-state index < -0.39 is 10.0 Å². The van der Waals surface area contributed by atoms with Gasteiger partial charge in [0.2, 0.25) is 10.0 Å². The van der Waals surface area contributed by atoms with Gasteiger partial charge in [-0.3, -0.25) is 0 Å². The second-order valence-corrected chi connectivity index (χ2v) is 9.99. The van der Waals surface area contributed by atoms with Crippen LogP contribution in [0.2, 0.25) is 0 Å². The van der Waals surface area contributed by atoms with E-state index in [-0.39, 0.29) is 5.25 Å². The van der Waals surface area contributed by atoms with Gasteiger partial charge in [-0.25, -0.2) is 17.7 Å². The zero-order chi connectivity index (χ0) is 14.2. The summed E-state index contributed by atoms with van der Waals surface area (Å²) in [4.78, 5) is 4.46. The zero-order valence-electron chi connectivity index (χ0n) is 11.6. The Hall–Kier alpha value is -0.110. The van der Waals surface area contributed by atoms with E-state index >= 15 is 0 Å². The number of nitrogens with zero attached hydrogens (tertiary/aromatic N) is 2. The van der Waals surface area contributed by atoms with Gasteiger partial charge in [-0.05, 0) is 38.5 Å². The molecule has 1 aromatic rings. The van der Waals surface area contributed by atoms with Crippen molar-refractivity contribution in [3.8, 4) is 0 Å². The molecule has 2 fully saturated rings. The number of thioether (sulfide) groups is 1. The third kappa shape index (κ3) is 3.37. The quantitative estimate of drug-likeness (QED) is 0.778. The minimum absolute atomic E-state index is 0.0632. The van der Waals surface area contributed by atoms with Crippen LogP contribution in [0.5, 0.6) is 0 Å². The van der Waals surface area contributed by atoms with Gasteiger partial charge in [-0.2, -0.15) is 0 Å². The highest BCUT2D eigenvalue weighted by atomic mass is 32.2. The maximum Gasteiger partial charge on any atom is 0.216 e. The largest absolute Gasteiger partial charge is 0.235 e. The van der Waals surface area contributed by atoms with Gasteiger partial charge in [0.15, 0.2) is 0 Å². The molecule has 1 aliphatic carbocycles. The first-order valence-electron chi connectivity index (χ1n) is 7.09. The van der Waals surface area contributed by atoms with Gasteiger partial charge in [-0.1, -0.05) is 11.8 Å². The number of sulfonamides is 1. The number of thiazole rings is 1. The fraction of sp³-hybridized carbons (Fsp3) is 0.769. The molecular formula is C13H20N2O2S3. The molecule has 0 amide bonds. The molecule has 3 rings (SSSR count). The first-order valence-corrected chi connectivity index (χ1v) is 10.5. The Labute approximate surface area is 129 Å². The van der Waals surface area contributed by atoms with Gasteiger partial charge < -0.3 is 0 Å². The molecule has 2 aliphatic rings. The molecule has 0 radical (unpaired) electrons. The predicted molar refractivity (Wildman–Crippen MR) is 83.8 cm³/mol. The van der Waals surface area contributed by atoms with E-state index in [0.29, 0.717) is 19.0 Å². The van der Waals surface area contributed by atoms with Crippen LogP contribution >= 0.6 is 23.1 Å². The molecule has 0 unspecified atom stereocenters. The fourth-order valence-corrected chi connectivity index (χ4v) is 6.43. The third-order valence-corrected chi connectivity index (χ3v) is 8.69. The third-order valence-electron chi connectivity index (χ3n) is 3.92. The molecule has 2 heterocycles. The average Bonchev–Trinajstić information content (AvgIpc) is 3.21. The Kier molecular flexibility index (Phi) is 4.40. The van der Waals surface area contributed by atoms with Crippen molar-refractivity contribution in [2.45, 2.75) is 42.2 Å². The average molecular weight is 333 g/mol. The zero-order valence-corrected chi connectivity index (χ0v) is 14.1. The van der Waals surface area contributed by atoms with E-state index in [0.717, 1.165) is 41.5 Å². The van der Waals surface area contributed by atoms with Gasteiger partial charge in [0.05, 0.1) is 5.25 Å². The fourth-order valence-electron chi connectivity index (χ4n) is 2.49. The lowest BCUT2D eigenvalue weighted by molar-refractivity contribution is 0.290. The lowest BCUT2D eigenvalue weighted by Gasteiger charge is -2.30. The van der Waals surface area contributed by atoms with Crippen LogP contribution in [0.1, 0.15) is 31.4 Å². The summed E-state index contributed by atoms with van der Waals surface area (Å²) in [6, 6.07) is 0. The summed E-state index contributed by atoms with van der Waals surface area (Å²) in [5.74, 6) is 1.68. The summed E-state index contributed by atoms with van der Waals surface area (Å²) in [6.07, 6.45) is 3.70. The summed E-state index contributed by atoms with van der Waals surface area (Å²) >= 11 is 3.52. The maximum absolute atomic E-state index is 12.1. The SMILES string of the molecule is Cc1csc(SCC2CCN(S(=O)(=O)C3CC3)CC2)n1. The molecule has 4 nitrogen and oxygen atoms in total. The van der Waals surface area contributed by atoms with E-state index in [1.165, 1.54) is 0 Å². The monoisotopic (exact) mass is 332 g/mol. The molecule has 0 atom stereocenters. The standard InChI is InChI=1S/C13H20N2O2S3/c1-10-8-18-13(14-10)19-9-11-4-6-15(7-5-11)20(16,17)12-2-3-12/h8,11-12H,2-7,9H2,1H3. The Bertz CT molecular complexity index is 558. The Balaban J connectivity index is 1.46. The molecule has 0 spiro atoms. The topological polar surface area (TPSA) is 50.3 Å². The van der Waals surface area contributed by atoms with E-state index in [4.69, 9.17) is 0 Å². The molecule has 20 heavy (non-hydrogen) atoms. The van der Waals surface area contributed by atoms with E-state index in [1.807, 2.05) is 18.7 Å². The highest BCUT2D eigenvalue weighted by Crippen LogP contribution is 2.34. The van der Waals surface area contributed by atoms with Crippen molar-refractivity contribution < 1.29 is 8.42 Å². The summed E-state index contributed by atoms with van der Waals surface area (Å²) in [5.41, 5.74) is 1.09. The predicted octanol–water partition coefficient (Wildman–Crippen LogP) is 2.75. The van der Waals surface area contributed by atoms with Gasteiger partial charge in [0, 0.05) is 29.9 Å². The minimum atomic E-state index is -2.96. The van der Waals surface area contributed by atoms with E-state index in [1.54, 1.807) is 15.6 Å². The molecule has 1 aliphatic heterocycles. The summed E-state index contributed by atoms with van der Waals surface area (Å²) in [5, 5.41) is 2.01. The van der Waals surface area contributed by atoms with Crippen molar-refractivity contribution in [2.24, 2.45) is 5.92 Å². The molecule has 1 saturated carbocycles. The van der Waals surface area contributed by atoms with Crippen LogP contribution in [-0.2, 0) is 10.0 Å². The van der Waals surface area contributed by atoms with Gasteiger partial charge in [0.1, 0.15) is 4.34 Å². The van der Waals surface area contributed by atoms with Crippen LogP contribution in [0.25, 0.3) is 0 Å². The van der Waals surface area contributed by atoms with E-state index in [2.05, 4.69) is 10.4 Å². The number of aromatic nitrogens is 1. The smallest absolute Gasteiger partial charge is 0.216 e. The lowest BCUT2D eigenvalue weighted by atomic mass is 10.0. The van der Waals surface area contributed by atoms with Crippen LogP contribution in [0.4, 0.5) is 0 Å². The second kappa shape index (κ2) is 5.94. The molecule has 0 N–H and O–H groups in total. The van der Waals surface area contributed by atoms with Crippen molar-refractivity contribution in [1.29, 1.82) is 0 Å². The normalized spacial score (nSPS) is 22.2. The summed E-state index contributed by atoms with van der Waals surface area (Å²) in [6.45, 7) is 3.43. The number of hydrogen-bond donors (Lipinski definition) is 0. The number of hydrogen-bond acceptors (Lipinski definition) is 5. The molecule has 7 heteroatoms. The minimum Gasteiger partial charge on any atom is -0.235 e. The second-order valence-electron chi connectivity index (χ2n) is 5.65. The molecule has 0 aromatic carbocycles. The molecule has 112 valence electrons. The summed E-state index contributed by atoms with van der Waals surface area (Å²) in [7, 11) is -2.96. The number of aryl methyl sites for hydroxylation is 1. The van der Waals surface area contributed by atoms with Crippen LogP contribution in [0.15, 0.2) is 9.72 Å². The van der Waals surface area contributed by atoms with E-state index in [9.17, 15) is 8.42 Å². The van der Waals surface area contributed by atoms with Crippen molar-refractivity contribution in [1.82, 2.24) is 9.29 Å². The Morgan fingerprint density at radius 1 is 1.35 bits per heavy atom. The highest BCUT2D eigenvalue weighted by Gasteiger charge is 2.41. The first kappa shape index (κ1) is 14.8. The molecule has 1 saturated heterocycles. The van der Waals surface area contributed by atoms with Gasteiger partial charge in [-0.15, -0.1) is 11.3 Å². The van der Waals surface area contributed by atoms with Gasteiger partial charge in [0.25, 0.3) is 0 Å². The number of piperidine rings is 1.